The molecule has 128 valence electrons. The van der Waals surface area contributed by atoms with Crippen molar-refractivity contribution in [3.8, 4) is 0 Å². The normalized spacial score (nSPS) is 8.87. The molecule has 0 heterocycles. The van der Waals surface area contributed by atoms with Crippen LogP contribution in [0.4, 0.5) is 0 Å². The molecule has 23 heavy (non-hydrogen) atoms. The average Bonchev–Trinajstić information content (AvgIpc) is 3.04. The second kappa shape index (κ2) is 16.4. The number of rotatable bonds is 6. The molecule has 1 heteroatoms. The first-order valence-corrected chi connectivity index (χ1v) is 8.11. The van der Waals surface area contributed by atoms with Crippen LogP contribution in [0.15, 0.2) is 36.4 Å². The molecule has 2 aromatic carbocycles. The summed E-state index contributed by atoms with van der Waals surface area (Å²) in [5, 5.41) is 0. The fourth-order valence-corrected chi connectivity index (χ4v) is 2.39. The van der Waals surface area contributed by atoms with Crippen molar-refractivity contribution in [2.45, 2.75) is 66.2 Å². The van der Waals surface area contributed by atoms with Gasteiger partial charge in [0.25, 0.3) is 0 Å². The summed E-state index contributed by atoms with van der Waals surface area (Å²) >= 11 is 0. The molecular formula is C22H36Zr. The topological polar surface area (TPSA) is 0 Å². The van der Waals surface area contributed by atoms with Gasteiger partial charge >= 0.3 is 26.2 Å². The van der Waals surface area contributed by atoms with Crippen molar-refractivity contribution in [3.05, 3.63) is 73.5 Å². The third kappa shape index (κ3) is 10.9. The van der Waals surface area contributed by atoms with Crippen molar-refractivity contribution in [2.75, 3.05) is 0 Å². The van der Waals surface area contributed by atoms with Crippen molar-refractivity contribution >= 4 is 0 Å². The molecule has 2 aromatic rings. The van der Waals surface area contributed by atoms with Crippen LogP contribution in [0, 0.1) is 28.7 Å². The van der Waals surface area contributed by atoms with Gasteiger partial charge in [-0.25, -0.2) is 24.3 Å². The summed E-state index contributed by atoms with van der Waals surface area (Å²) in [5.74, 6) is 0. The molecule has 0 spiro atoms. The van der Waals surface area contributed by atoms with Crippen LogP contribution in [0.1, 0.15) is 61.8 Å². The van der Waals surface area contributed by atoms with Gasteiger partial charge in [-0.3, -0.25) is 0 Å². The van der Waals surface area contributed by atoms with E-state index in [1.807, 2.05) is 0 Å². The minimum atomic E-state index is 0. The van der Waals surface area contributed by atoms with Crippen molar-refractivity contribution in [2.24, 2.45) is 0 Å². The molecular weight excluding hydrogens is 355 g/mol. The summed E-state index contributed by atoms with van der Waals surface area (Å²) in [5.41, 5.74) is 5.96. The number of aryl methyl sites for hydroxylation is 4. The van der Waals surface area contributed by atoms with Gasteiger partial charge < -0.3 is 14.9 Å². The fraction of sp³-hybridized carbons (Fsp3) is 0.455. The molecule has 0 aromatic heterocycles. The largest absolute Gasteiger partial charge is 4.00 e. The summed E-state index contributed by atoms with van der Waals surface area (Å²) in [4.78, 5) is 0. The molecule has 0 nitrogen and oxygen atoms in total. The predicted molar refractivity (Wildman–Crippen MR) is 104 cm³/mol. The molecule has 0 saturated heterocycles. The third-order valence-corrected chi connectivity index (χ3v) is 3.90. The first-order chi connectivity index (χ1) is 9.69. The Morgan fingerprint density at radius 2 is 1.09 bits per heavy atom. The molecule has 0 saturated carbocycles. The summed E-state index contributed by atoms with van der Waals surface area (Å²) in [6.07, 6.45) is 7.76. The van der Waals surface area contributed by atoms with E-state index < -0.39 is 0 Å². The SMILES string of the molecule is CCCCc1ccc[c-]1C.CCCCc1ccc[c-]1C.[CH3-].[CH3-].[Zr+4]. The van der Waals surface area contributed by atoms with Crippen LogP contribution >= 0.6 is 0 Å². The van der Waals surface area contributed by atoms with Gasteiger partial charge in [0.1, 0.15) is 0 Å². The number of hydrogen-bond donors (Lipinski definition) is 0. The zero-order valence-electron chi connectivity index (χ0n) is 16.2. The van der Waals surface area contributed by atoms with Gasteiger partial charge in [0.05, 0.1) is 0 Å². The maximum atomic E-state index is 2.23. The summed E-state index contributed by atoms with van der Waals surface area (Å²) < 4.78 is 0. The average molecular weight is 392 g/mol. The predicted octanol–water partition coefficient (Wildman–Crippen LogP) is 7.01. The Morgan fingerprint density at radius 1 is 0.739 bits per heavy atom. The zero-order chi connectivity index (χ0) is 14.8. The maximum Gasteiger partial charge on any atom is 4.00 e. The van der Waals surface area contributed by atoms with Crippen LogP contribution in [0.3, 0.4) is 0 Å². The Morgan fingerprint density at radius 3 is 1.30 bits per heavy atom. The van der Waals surface area contributed by atoms with E-state index in [2.05, 4.69) is 64.1 Å². The zero-order valence-corrected chi connectivity index (χ0v) is 18.7. The molecule has 0 radical (unpaired) electrons. The molecule has 0 aliphatic heterocycles. The van der Waals surface area contributed by atoms with Gasteiger partial charge in [-0.1, -0.05) is 66.2 Å². The van der Waals surface area contributed by atoms with Crippen molar-refractivity contribution in [1.82, 2.24) is 0 Å². The van der Waals surface area contributed by atoms with E-state index >= 15 is 0 Å². The molecule has 0 amide bonds. The van der Waals surface area contributed by atoms with E-state index in [1.165, 1.54) is 60.8 Å². The summed E-state index contributed by atoms with van der Waals surface area (Å²) in [7, 11) is 0. The van der Waals surface area contributed by atoms with E-state index in [1.54, 1.807) is 0 Å². The Kier molecular flexibility index (Phi) is 19.6. The first kappa shape index (κ1) is 27.4. The molecule has 0 aliphatic rings. The number of hydrogen-bond acceptors (Lipinski definition) is 0. The third-order valence-electron chi connectivity index (χ3n) is 3.90. The molecule has 0 N–H and O–H groups in total. The molecule has 2 rings (SSSR count). The van der Waals surface area contributed by atoms with E-state index in [-0.39, 0.29) is 41.1 Å². The minimum absolute atomic E-state index is 0. The van der Waals surface area contributed by atoms with Crippen LogP contribution in [0.2, 0.25) is 0 Å². The molecule has 0 atom stereocenters. The van der Waals surface area contributed by atoms with Crippen LogP contribution in [0.25, 0.3) is 0 Å². The van der Waals surface area contributed by atoms with Crippen LogP contribution in [0.5, 0.6) is 0 Å². The minimum Gasteiger partial charge on any atom is -0.358 e. The van der Waals surface area contributed by atoms with Crippen LogP contribution < -0.4 is 0 Å². The van der Waals surface area contributed by atoms with E-state index in [9.17, 15) is 0 Å². The van der Waals surface area contributed by atoms with Gasteiger partial charge in [0, 0.05) is 0 Å². The smallest absolute Gasteiger partial charge is 0.358 e. The van der Waals surface area contributed by atoms with Gasteiger partial charge in [0.2, 0.25) is 0 Å². The van der Waals surface area contributed by atoms with E-state index in [0.29, 0.717) is 0 Å². The van der Waals surface area contributed by atoms with Gasteiger partial charge in [-0.2, -0.15) is 34.4 Å². The molecule has 0 aliphatic carbocycles. The second-order valence-electron chi connectivity index (χ2n) is 5.68. The standard InChI is InChI=1S/2C10H15.2CH3.Zr/c2*1-3-4-7-10-8-5-6-9(10)2;;;/h2*5-6,8H,3-4,7H2,1-2H3;2*1H3;/q4*-1;+4. The van der Waals surface area contributed by atoms with Gasteiger partial charge in [-0.15, -0.1) is 0 Å². The van der Waals surface area contributed by atoms with Crippen LogP contribution in [-0.2, 0) is 39.0 Å². The Bertz CT molecular complexity index is 418. The van der Waals surface area contributed by atoms with Crippen molar-refractivity contribution in [3.63, 3.8) is 0 Å². The summed E-state index contributed by atoms with van der Waals surface area (Å²) in [6.45, 7) is 8.84. The Balaban J connectivity index is -0.000000308. The maximum absolute atomic E-state index is 2.23. The van der Waals surface area contributed by atoms with Gasteiger partial charge in [0.15, 0.2) is 0 Å². The molecule has 0 bridgehead atoms. The van der Waals surface area contributed by atoms with Crippen molar-refractivity contribution in [1.29, 1.82) is 0 Å². The molecule has 0 fully saturated rings. The van der Waals surface area contributed by atoms with E-state index in [0.717, 1.165) is 0 Å². The van der Waals surface area contributed by atoms with Crippen molar-refractivity contribution < 1.29 is 26.2 Å². The molecule has 0 unspecified atom stereocenters. The van der Waals surface area contributed by atoms with Crippen LogP contribution in [-0.4, -0.2) is 0 Å². The summed E-state index contributed by atoms with van der Waals surface area (Å²) in [6, 6.07) is 13.1. The monoisotopic (exact) mass is 390 g/mol. The Hall–Kier alpha value is -0.417. The van der Waals surface area contributed by atoms with E-state index in [4.69, 9.17) is 0 Å². The number of unbranched alkanes of at least 4 members (excludes halogenated alkanes) is 2. The second-order valence-corrected chi connectivity index (χ2v) is 5.68. The quantitative estimate of drug-likeness (QED) is 0.464. The fourth-order valence-electron chi connectivity index (χ4n) is 2.39. The first-order valence-electron chi connectivity index (χ1n) is 8.11. The van der Waals surface area contributed by atoms with Gasteiger partial charge in [-0.05, 0) is 0 Å². The Labute approximate surface area is 165 Å².